The summed E-state index contributed by atoms with van der Waals surface area (Å²) in [5.41, 5.74) is 14.6. The SMILES string of the molecule is C(=C(c1ccccc1)c1ccccc1)c1ccc(-c2ccc(-c3ccc(C=C(c4ccccc4)c4ccccc4)c4ccccc34)c3ccccc23)c2ccccc12. The van der Waals surface area contributed by atoms with Crippen molar-refractivity contribution in [2.45, 2.75) is 0 Å². The van der Waals surface area contributed by atoms with Crippen LogP contribution in [0, 0.1) is 0 Å². The van der Waals surface area contributed by atoms with Crippen LogP contribution in [-0.4, -0.2) is 0 Å². The lowest BCUT2D eigenvalue weighted by Gasteiger charge is -2.17. The van der Waals surface area contributed by atoms with Gasteiger partial charge in [-0.05, 0) is 111 Å². The van der Waals surface area contributed by atoms with Crippen LogP contribution in [0.2, 0.25) is 0 Å². The first kappa shape index (κ1) is 34.9. The lowest BCUT2D eigenvalue weighted by atomic mass is 9.86. The lowest BCUT2D eigenvalue weighted by Crippen LogP contribution is -1.92. The molecule has 0 nitrogen and oxygen atoms in total. The highest BCUT2D eigenvalue weighted by Crippen LogP contribution is 2.42. The Morgan fingerprint density at radius 2 is 0.431 bits per heavy atom. The highest BCUT2D eigenvalue weighted by Gasteiger charge is 2.16. The number of hydrogen-bond donors (Lipinski definition) is 0. The molecule has 10 aromatic carbocycles. The topological polar surface area (TPSA) is 0 Å². The summed E-state index contributed by atoms with van der Waals surface area (Å²) >= 11 is 0. The van der Waals surface area contributed by atoms with Crippen molar-refractivity contribution in [2.75, 3.05) is 0 Å². The third kappa shape index (κ3) is 6.61. The van der Waals surface area contributed by atoms with Gasteiger partial charge in [-0.1, -0.05) is 231 Å². The van der Waals surface area contributed by atoms with E-state index in [4.69, 9.17) is 0 Å². The molecular weight excluding hydrogens is 697 g/mol. The molecule has 0 atom stereocenters. The Kier molecular flexibility index (Phi) is 9.35. The highest BCUT2D eigenvalue weighted by molar-refractivity contribution is 6.14. The molecule has 0 saturated carbocycles. The molecule has 10 rings (SSSR count). The van der Waals surface area contributed by atoms with Crippen molar-refractivity contribution in [1.29, 1.82) is 0 Å². The monoisotopic (exact) mass is 736 g/mol. The van der Waals surface area contributed by atoms with Crippen molar-refractivity contribution in [3.05, 3.63) is 264 Å². The summed E-state index contributed by atoms with van der Waals surface area (Å²) in [7, 11) is 0. The predicted molar refractivity (Wildman–Crippen MR) is 250 cm³/mol. The molecule has 0 unspecified atom stereocenters. The molecule has 0 spiro atoms. The van der Waals surface area contributed by atoms with Gasteiger partial charge in [-0.2, -0.15) is 0 Å². The largest absolute Gasteiger partial charge is 0.0622 e. The molecule has 272 valence electrons. The molecule has 0 heteroatoms. The van der Waals surface area contributed by atoms with Crippen molar-refractivity contribution < 1.29 is 0 Å². The fourth-order valence-corrected chi connectivity index (χ4v) is 8.58. The van der Waals surface area contributed by atoms with Crippen molar-refractivity contribution >= 4 is 55.6 Å². The van der Waals surface area contributed by atoms with Crippen LogP contribution in [0.25, 0.3) is 77.9 Å². The zero-order valence-electron chi connectivity index (χ0n) is 32.1. The van der Waals surface area contributed by atoms with Crippen LogP contribution in [-0.2, 0) is 0 Å². The maximum Gasteiger partial charge on any atom is -0.00987 e. The summed E-state index contributed by atoms with van der Waals surface area (Å²) < 4.78 is 0. The summed E-state index contributed by atoms with van der Waals surface area (Å²) in [6, 6.07) is 83.3. The summed E-state index contributed by atoms with van der Waals surface area (Å²) in [5, 5.41) is 7.43. The van der Waals surface area contributed by atoms with Crippen molar-refractivity contribution in [3.8, 4) is 22.3 Å². The molecule has 0 aliphatic carbocycles. The first-order valence-electron chi connectivity index (χ1n) is 20.0. The maximum atomic E-state index is 2.35. The standard InChI is InChI=1S/C58H40/c1-5-19-41(20-6-1)57(42-21-7-2-8-22-42)39-45-33-35-53(49-29-15-13-27-47(45)49)55-37-38-56(52-32-18-17-31-51(52)55)54-36-34-46(48-28-14-16-30-50(48)54)40-58(43-23-9-3-10-24-43)44-25-11-4-12-26-44/h1-40H. The predicted octanol–water partition coefficient (Wildman–Crippen LogP) is 15.7. The molecule has 0 heterocycles. The highest BCUT2D eigenvalue weighted by atomic mass is 14.2. The third-order valence-electron chi connectivity index (χ3n) is 11.4. The van der Waals surface area contributed by atoms with Gasteiger partial charge in [0.05, 0.1) is 0 Å². The minimum absolute atomic E-state index is 1.20. The number of benzene rings is 10. The van der Waals surface area contributed by atoms with Crippen LogP contribution in [0.4, 0.5) is 0 Å². The summed E-state index contributed by atoms with van der Waals surface area (Å²) in [5.74, 6) is 0. The molecule has 0 saturated heterocycles. The van der Waals surface area contributed by atoms with E-state index in [0.717, 1.165) is 0 Å². The fourth-order valence-electron chi connectivity index (χ4n) is 8.58. The van der Waals surface area contributed by atoms with Gasteiger partial charge in [-0.15, -0.1) is 0 Å². The van der Waals surface area contributed by atoms with Crippen molar-refractivity contribution in [2.24, 2.45) is 0 Å². The van der Waals surface area contributed by atoms with Crippen LogP contribution < -0.4 is 0 Å². The molecule has 0 N–H and O–H groups in total. The van der Waals surface area contributed by atoms with Crippen molar-refractivity contribution in [3.63, 3.8) is 0 Å². The van der Waals surface area contributed by atoms with Gasteiger partial charge in [-0.3, -0.25) is 0 Å². The molecule has 0 radical (unpaired) electrons. The molecule has 0 aliphatic heterocycles. The van der Waals surface area contributed by atoms with Gasteiger partial charge >= 0.3 is 0 Å². The van der Waals surface area contributed by atoms with E-state index in [1.54, 1.807) is 0 Å². The van der Waals surface area contributed by atoms with E-state index in [1.807, 2.05) is 0 Å². The molecule has 0 aromatic heterocycles. The van der Waals surface area contributed by atoms with Gasteiger partial charge in [0, 0.05) is 0 Å². The Bertz CT molecular complexity index is 2820. The molecule has 58 heavy (non-hydrogen) atoms. The minimum atomic E-state index is 1.20. The quantitative estimate of drug-likeness (QED) is 0.136. The molecule has 0 amide bonds. The fraction of sp³-hybridized carbons (Fsp3) is 0. The third-order valence-corrected chi connectivity index (χ3v) is 11.4. The molecule has 0 aliphatic rings. The average Bonchev–Trinajstić information content (AvgIpc) is 3.31. The normalized spacial score (nSPS) is 11.1. The van der Waals surface area contributed by atoms with E-state index in [9.17, 15) is 0 Å². The van der Waals surface area contributed by atoms with Crippen LogP contribution in [0.15, 0.2) is 231 Å². The van der Waals surface area contributed by atoms with Crippen molar-refractivity contribution in [1.82, 2.24) is 0 Å². The molecular formula is C58H40. The average molecular weight is 737 g/mol. The summed E-state index contributed by atoms with van der Waals surface area (Å²) in [6.45, 7) is 0. The van der Waals surface area contributed by atoms with Gasteiger partial charge < -0.3 is 0 Å². The molecule has 10 aromatic rings. The zero-order chi connectivity index (χ0) is 38.7. The van der Waals surface area contributed by atoms with E-state index >= 15 is 0 Å². The number of rotatable bonds is 8. The Morgan fingerprint density at radius 3 is 0.724 bits per heavy atom. The Balaban J connectivity index is 1.11. The van der Waals surface area contributed by atoms with E-state index in [-0.39, 0.29) is 0 Å². The minimum Gasteiger partial charge on any atom is -0.0622 e. The maximum absolute atomic E-state index is 2.35. The Hall–Kier alpha value is -7.54. The van der Waals surface area contributed by atoms with Gasteiger partial charge in [0.1, 0.15) is 0 Å². The summed E-state index contributed by atoms with van der Waals surface area (Å²) in [4.78, 5) is 0. The second kappa shape index (κ2) is 15.5. The lowest BCUT2D eigenvalue weighted by molar-refractivity contribution is 1.55. The molecule has 0 fully saturated rings. The van der Waals surface area contributed by atoms with Crippen LogP contribution in [0.1, 0.15) is 33.4 Å². The zero-order valence-corrected chi connectivity index (χ0v) is 32.1. The Labute approximate surface area is 340 Å². The van der Waals surface area contributed by atoms with E-state index in [2.05, 4.69) is 243 Å². The number of hydrogen-bond acceptors (Lipinski definition) is 0. The van der Waals surface area contributed by atoms with E-state index in [0.29, 0.717) is 0 Å². The Morgan fingerprint density at radius 1 is 0.207 bits per heavy atom. The van der Waals surface area contributed by atoms with Crippen LogP contribution in [0.5, 0.6) is 0 Å². The number of fused-ring (bicyclic) bond motifs is 3. The van der Waals surface area contributed by atoms with E-state index < -0.39 is 0 Å². The second-order valence-corrected chi connectivity index (χ2v) is 14.8. The molecule has 0 bridgehead atoms. The van der Waals surface area contributed by atoms with Gasteiger partial charge in [0.25, 0.3) is 0 Å². The van der Waals surface area contributed by atoms with Gasteiger partial charge in [0.2, 0.25) is 0 Å². The van der Waals surface area contributed by atoms with E-state index in [1.165, 1.54) is 99.1 Å². The van der Waals surface area contributed by atoms with Crippen LogP contribution in [0.3, 0.4) is 0 Å². The van der Waals surface area contributed by atoms with Gasteiger partial charge in [-0.25, -0.2) is 0 Å². The first-order chi connectivity index (χ1) is 28.8. The smallest absolute Gasteiger partial charge is 0.00987 e. The van der Waals surface area contributed by atoms with Gasteiger partial charge in [0.15, 0.2) is 0 Å². The second-order valence-electron chi connectivity index (χ2n) is 14.8. The first-order valence-corrected chi connectivity index (χ1v) is 20.0. The van der Waals surface area contributed by atoms with Crippen LogP contribution >= 0.6 is 0 Å². The summed E-state index contributed by atoms with van der Waals surface area (Å²) in [6.07, 6.45) is 4.70.